The zero-order valence-corrected chi connectivity index (χ0v) is 19.3. The molecule has 2 aromatic heterocycles. The molecule has 0 aliphatic rings. The Morgan fingerprint density at radius 3 is 2.50 bits per heavy atom. The minimum absolute atomic E-state index is 0.0872. The van der Waals surface area contributed by atoms with E-state index in [0.717, 1.165) is 5.56 Å². The van der Waals surface area contributed by atoms with Crippen molar-refractivity contribution in [2.75, 3.05) is 5.32 Å². The molecule has 0 atom stereocenters. The van der Waals surface area contributed by atoms with E-state index in [1.807, 2.05) is 0 Å². The number of anilines is 1. The minimum atomic E-state index is -0.424. The van der Waals surface area contributed by atoms with Gasteiger partial charge in [0.15, 0.2) is 5.76 Å². The Kier molecular flexibility index (Phi) is 6.96. The lowest BCUT2D eigenvalue weighted by molar-refractivity contribution is 0.0992. The summed E-state index contributed by atoms with van der Waals surface area (Å²) in [6, 6.07) is 13.6. The van der Waals surface area contributed by atoms with Crippen molar-refractivity contribution in [2.24, 2.45) is 0 Å². The van der Waals surface area contributed by atoms with Gasteiger partial charge in [0.2, 0.25) is 0 Å². The summed E-state index contributed by atoms with van der Waals surface area (Å²) in [7, 11) is 0. The van der Waals surface area contributed by atoms with Crippen LogP contribution < -0.4 is 10.1 Å². The second-order valence-electron chi connectivity index (χ2n) is 6.69. The van der Waals surface area contributed by atoms with E-state index >= 15 is 0 Å². The van der Waals surface area contributed by atoms with Crippen LogP contribution in [-0.4, -0.2) is 15.7 Å². The number of carbonyl (C=O) groups excluding carboxylic acids is 1. The van der Waals surface area contributed by atoms with Gasteiger partial charge in [-0.05, 0) is 36.4 Å². The van der Waals surface area contributed by atoms with Crippen molar-refractivity contribution < 1.29 is 13.9 Å². The van der Waals surface area contributed by atoms with Crippen molar-refractivity contribution in [1.29, 1.82) is 0 Å². The minimum Gasteiger partial charge on any atom is -0.484 e. The van der Waals surface area contributed by atoms with Crippen LogP contribution in [0, 0.1) is 0 Å². The third kappa shape index (κ3) is 5.22. The molecule has 2 aromatic carbocycles. The van der Waals surface area contributed by atoms with Crippen LogP contribution in [0.4, 0.5) is 5.69 Å². The van der Waals surface area contributed by atoms with Gasteiger partial charge in [0.1, 0.15) is 23.1 Å². The molecule has 32 heavy (non-hydrogen) atoms. The predicted octanol–water partition coefficient (Wildman–Crippen LogP) is 6.97. The number of rotatable bonds is 7. The van der Waals surface area contributed by atoms with E-state index in [0.29, 0.717) is 43.8 Å². The van der Waals surface area contributed by atoms with Crippen LogP contribution in [0.1, 0.15) is 21.9 Å². The molecule has 164 valence electrons. The first kappa shape index (κ1) is 22.6. The fourth-order valence-corrected chi connectivity index (χ4v) is 3.74. The van der Waals surface area contributed by atoms with Crippen LogP contribution in [0.15, 0.2) is 65.3 Å². The van der Waals surface area contributed by atoms with Crippen molar-refractivity contribution in [1.82, 2.24) is 9.78 Å². The standard InChI is InChI=1S/C22H15Cl4N3O3/c23-16-3-1-4-17(24)15(16)11-29-10-13(9-27-29)28-22(30)20-8-7-14(32-20)12-31-19-6-2-5-18(25)21(19)26/h1-10H,11-12H2,(H,28,30). The van der Waals surface area contributed by atoms with E-state index < -0.39 is 5.91 Å². The van der Waals surface area contributed by atoms with Gasteiger partial charge in [-0.25, -0.2) is 0 Å². The summed E-state index contributed by atoms with van der Waals surface area (Å²) < 4.78 is 12.8. The third-order valence-corrected chi connectivity index (χ3v) is 5.95. The number of benzene rings is 2. The molecule has 0 radical (unpaired) electrons. The zero-order chi connectivity index (χ0) is 22.7. The Labute approximate surface area is 203 Å². The zero-order valence-electron chi connectivity index (χ0n) is 16.3. The summed E-state index contributed by atoms with van der Waals surface area (Å²) in [5.74, 6) is 0.581. The molecule has 4 rings (SSSR count). The van der Waals surface area contributed by atoms with E-state index in [2.05, 4.69) is 10.4 Å². The summed E-state index contributed by atoms with van der Waals surface area (Å²) in [4.78, 5) is 12.5. The Morgan fingerprint density at radius 1 is 1.00 bits per heavy atom. The Morgan fingerprint density at radius 2 is 1.72 bits per heavy atom. The van der Waals surface area contributed by atoms with Gasteiger partial charge in [-0.1, -0.05) is 58.5 Å². The highest BCUT2D eigenvalue weighted by Crippen LogP contribution is 2.32. The quantitative estimate of drug-likeness (QED) is 0.291. The molecule has 0 fully saturated rings. The maximum absolute atomic E-state index is 12.5. The summed E-state index contributed by atoms with van der Waals surface area (Å²) in [6.45, 7) is 0.451. The number of nitrogens with zero attached hydrogens (tertiary/aromatic N) is 2. The number of hydrogen-bond acceptors (Lipinski definition) is 4. The molecule has 0 bridgehead atoms. The molecule has 2 heterocycles. The van der Waals surface area contributed by atoms with Gasteiger partial charge in [0.05, 0.1) is 23.5 Å². The lowest BCUT2D eigenvalue weighted by atomic mass is 10.2. The van der Waals surface area contributed by atoms with Gasteiger partial charge >= 0.3 is 0 Å². The van der Waals surface area contributed by atoms with Crippen molar-refractivity contribution >= 4 is 58.0 Å². The molecular formula is C22H15Cl4N3O3. The monoisotopic (exact) mass is 509 g/mol. The maximum Gasteiger partial charge on any atom is 0.291 e. The SMILES string of the molecule is O=C(Nc1cnn(Cc2c(Cl)cccc2Cl)c1)c1ccc(COc2cccc(Cl)c2Cl)o1. The Bertz CT molecular complexity index is 1250. The lowest BCUT2D eigenvalue weighted by Crippen LogP contribution is -2.10. The van der Waals surface area contributed by atoms with Crippen molar-refractivity contribution in [2.45, 2.75) is 13.2 Å². The van der Waals surface area contributed by atoms with Crippen LogP contribution in [0.2, 0.25) is 20.1 Å². The molecule has 1 N–H and O–H groups in total. The third-order valence-electron chi connectivity index (χ3n) is 4.44. The van der Waals surface area contributed by atoms with E-state index in [-0.39, 0.29) is 12.4 Å². The largest absolute Gasteiger partial charge is 0.484 e. The molecule has 1 amide bonds. The number of carbonyl (C=O) groups is 1. The lowest BCUT2D eigenvalue weighted by Gasteiger charge is -2.07. The van der Waals surface area contributed by atoms with Crippen LogP contribution in [0.5, 0.6) is 5.75 Å². The number of furan rings is 1. The highest BCUT2D eigenvalue weighted by molar-refractivity contribution is 6.42. The molecule has 0 unspecified atom stereocenters. The van der Waals surface area contributed by atoms with Crippen LogP contribution in [-0.2, 0) is 13.2 Å². The van der Waals surface area contributed by atoms with Gasteiger partial charge in [0.25, 0.3) is 5.91 Å². The Hall–Kier alpha value is -2.64. The van der Waals surface area contributed by atoms with E-state index in [1.54, 1.807) is 59.4 Å². The van der Waals surface area contributed by atoms with Crippen LogP contribution >= 0.6 is 46.4 Å². The van der Waals surface area contributed by atoms with Gasteiger partial charge in [-0.3, -0.25) is 9.48 Å². The first-order chi connectivity index (χ1) is 15.4. The number of aromatic nitrogens is 2. The first-order valence-electron chi connectivity index (χ1n) is 9.33. The van der Waals surface area contributed by atoms with E-state index in [1.165, 1.54) is 6.20 Å². The van der Waals surface area contributed by atoms with Gasteiger partial charge in [0, 0.05) is 21.8 Å². The molecule has 10 heteroatoms. The van der Waals surface area contributed by atoms with Gasteiger partial charge < -0.3 is 14.5 Å². The molecular weight excluding hydrogens is 496 g/mol. The molecule has 4 aromatic rings. The number of ether oxygens (including phenoxy) is 1. The molecule has 6 nitrogen and oxygen atoms in total. The van der Waals surface area contributed by atoms with E-state index in [9.17, 15) is 4.79 Å². The number of hydrogen-bond donors (Lipinski definition) is 1. The second-order valence-corrected chi connectivity index (χ2v) is 8.29. The van der Waals surface area contributed by atoms with Crippen molar-refractivity contribution in [3.63, 3.8) is 0 Å². The fraction of sp³-hybridized carbons (Fsp3) is 0.0909. The first-order valence-corrected chi connectivity index (χ1v) is 10.8. The number of amides is 1. The van der Waals surface area contributed by atoms with Crippen LogP contribution in [0.25, 0.3) is 0 Å². The normalized spacial score (nSPS) is 10.9. The molecule has 0 saturated heterocycles. The summed E-state index contributed by atoms with van der Waals surface area (Å²) in [5, 5.41) is 8.76. The van der Waals surface area contributed by atoms with Crippen LogP contribution in [0.3, 0.4) is 0 Å². The number of halogens is 4. The molecule has 0 spiro atoms. The summed E-state index contributed by atoms with van der Waals surface area (Å²) in [6.07, 6.45) is 3.20. The Balaban J connectivity index is 1.37. The maximum atomic E-state index is 12.5. The highest BCUT2D eigenvalue weighted by Gasteiger charge is 2.14. The second kappa shape index (κ2) is 9.88. The van der Waals surface area contributed by atoms with E-state index in [4.69, 9.17) is 55.6 Å². The van der Waals surface area contributed by atoms with Crippen molar-refractivity contribution in [3.8, 4) is 5.75 Å². The average Bonchev–Trinajstić information content (AvgIpc) is 3.41. The smallest absolute Gasteiger partial charge is 0.291 e. The molecule has 0 saturated carbocycles. The number of nitrogens with one attached hydrogen (secondary N) is 1. The highest BCUT2D eigenvalue weighted by atomic mass is 35.5. The summed E-state index contributed by atoms with van der Waals surface area (Å²) in [5.41, 5.74) is 1.24. The summed E-state index contributed by atoms with van der Waals surface area (Å²) >= 11 is 24.5. The molecule has 0 aliphatic heterocycles. The van der Waals surface area contributed by atoms with Gasteiger partial charge in [-0.15, -0.1) is 0 Å². The van der Waals surface area contributed by atoms with Gasteiger partial charge in [-0.2, -0.15) is 5.10 Å². The molecule has 0 aliphatic carbocycles. The average molecular weight is 511 g/mol. The predicted molar refractivity (Wildman–Crippen MR) is 125 cm³/mol. The van der Waals surface area contributed by atoms with Crippen molar-refractivity contribution in [3.05, 3.63) is 98.1 Å². The fourth-order valence-electron chi connectivity index (χ4n) is 2.87. The topological polar surface area (TPSA) is 69.3 Å².